The maximum atomic E-state index is 12.6. The summed E-state index contributed by atoms with van der Waals surface area (Å²) < 4.78 is 0. The molecule has 2 aromatic heterocycles. The van der Waals surface area contributed by atoms with Crippen molar-refractivity contribution in [2.75, 3.05) is 29.9 Å². The smallest absolute Gasteiger partial charge is 0.253 e. The Hall–Kier alpha value is -2.54. The van der Waals surface area contributed by atoms with Crippen LogP contribution in [0.2, 0.25) is 0 Å². The highest BCUT2D eigenvalue weighted by molar-refractivity contribution is 7.99. The molecule has 4 rings (SSSR count). The summed E-state index contributed by atoms with van der Waals surface area (Å²) in [7, 11) is 0. The minimum absolute atomic E-state index is 0.0895. The molecule has 0 spiro atoms. The summed E-state index contributed by atoms with van der Waals surface area (Å²) in [4.78, 5) is 26.2. The van der Waals surface area contributed by atoms with Crippen LogP contribution in [0.15, 0.2) is 42.9 Å². The van der Waals surface area contributed by atoms with Gasteiger partial charge in [-0.1, -0.05) is 6.07 Å². The topological polar surface area (TPSA) is 73.9 Å². The molecule has 3 aromatic rings. The van der Waals surface area contributed by atoms with Crippen LogP contribution in [-0.2, 0) is 0 Å². The lowest BCUT2D eigenvalue weighted by Crippen LogP contribution is -2.37. The van der Waals surface area contributed by atoms with E-state index in [-0.39, 0.29) is 5.91 Å². The maximum Gasteiger partial charge on any atom is 0.253 e. The molecule has 0 aliphatic carbocycles. The number of aromatic amines is 1. The van der Waals surface area contributed by atoms with E-state index < -0.39 is 0 Å². The highest BCUT2D eigenvalue weighted by Gasteiger charge is 2.18. The quantitative estimate of drug-likeness (QED) is 0.767. The third kappa shape index (κ3) is 2.94. The van der Waals surface area contributed by atoms with Crippen molar-refractivity contribution < 1.29 is 4.79 Å². The molecule has 0 atom stereocenters. The zero-order valence-electron chi connectivity index (χ0n) is 13.0. The van der Waals surface area contributed by atoms with Gasteiger partial charge in [-0.15, -0.1) is 0 Å². The first-order chi connectivity index (χ1) is 11.8. The Morgan fingerprint density at radius 2 is 2.08 bits per heavy atom. The van der Waals surface area contributed by atoms with Gasteiger partial charge in [-0.05, 0) is 24.3 Å². The van der Waals surface area contributed by atoms with E-state index in [0.29, 0.717) is 11.4 Å². The van der Waals surface area contributed by atoms with E-state index in [1.54, 1.807) is 0 Å². The van der Waals surface area contributed by atoms with Crippen LogP contribution in [0, 0.1) is 0 Å². The van der Waals surface area contributed by atoms with Gasteiger partial charge in [0.15, 0.2) is 5.82 Å². The van der Waals surface area contributed by atoms with Gasteiger partial charge in [0.25, 0.3) is 5.91 Å². The third-order valence-corrected chi connectivity index (χ3v) is 4.96. The van der Waals surface area contributed by atoms with Crippen molar-refractivity contribution in [3.63, 3.8) is 0 Å². The van der Waals surface area contributed by atoms with Crippen LogP contribution in [-0.4, -0.2) is 50.4 Å². The number of H-pyrrole nitrogens is 1. The van der Waals surface area contributed by atoms with E-state index in [4.69, 9.17) is 0 Å². The first-order valence-electron chi connectivity index (χ1n) is 7.83. The van der Waals surface area contributed by atoms with Crippen LogP contribution < -0.4 is 5.32 Å². The first-order valence-corrected chi connectivity index (χ1v) is 8.99. The predicted molar refractivity (Wildman–Crippen MR) is 96.8 cm³/mol. The fraction of sp³-hybridized carbons (Fsp3) is 0.235. The monoisotopic (exact) mass is 339 g/mol. The SMILES string of the molecule is O=C(c1cccc(Nc2ncnc3cc[nH]c23)c1)N1CCSCC1. The Kier molecular flexibility index (Phi) is 4.08. The number of hydrogen-bond acceptors (Lipinski definition) is 5. The summed E-state index contributed by atoms with van der Waals surface area (Å²) in [6, 6.07) is 9.46. The van der Waals surface area contributed by atoms with Crippen molar-refractivity contribution in [3.05, 3.63) is 48.4 Å². The molecule has 24 heavy (non-hydrogen) atoms. The van der Waals surface area contributed by atoms with Crippen molar-refractivity contribution in [1.29, 1.82) is 0 Å². The fourth-order valence-electron chi connectivity index (χ4n) is 2.78. The van der Waals surface area contributed by atoms with Gasteiger partial charge in [0.05, 0.1) is 5.52 Å². The normalized spacial score (nSPS) is 14.8. The Morgan fingerprint density at radius 1 is 1.21 bits per heavy atom. The average Bonchev–Trinajstić information content (AvgIpc) is 3.12. The zero-order chi connectivity index (χ0) is 16.4. The molecule has 1 aliphatic rings. The fourth-order valence-corrected chi connectivity index (χ4v) is 3.69. The van der Waals surface area contributed by atoms with Gasteiger partial charge in [0.1, 0.15) is 11.8 Å². The van der Waals surface area contributed by atoms with Gasteiger partial charge in [-0.2, -0.15) is 11.8 Å². The van der Waals surface area contributed by atoms with Crippen molar-refractivity contribution in [2.45, 2.75) is 0 Å². The molecule has 1 saturated heterocycles. The number of carbonyl (C=O) groups excluding carboxylic acids is 1. The molecule has 7 heteroatoms. The molecular formula is C17H17N5OS. The molecule has 1 fully saturated rings. The van der Waals surface area contributed by atoms with Gasteiger partial charge in [0, 0.05) is 42.0 Å². The molecule has 0 bridgehead atoms. The van der Waals surface area contributed by atoms with E-state index in [1.807, 2.05) is 53.2 Å². The second-order valence-electron chi connectivity index (χ2n) is 5.57. The second kappa shape index (κ2) is 6.52. The molecule has 0 saturated carbocycles. The Bertz CT molecular complexity index is 872. The number of anilines is 2. The number of hydrogen-bond donors (Lipinski definition) is 2. The molecule has 122 valence electrons. The molecule has 0 unspecified atom stereocenters. The number of nitrogens with one attached hydrogen (secondary N) is 2. The summed E-state index contributed by atoms with van der Waals surface area (Å²) in [5, 5.41) is 3.27. The van der Waals surface area contributed by atoms with E-state index >= 15 is 0 Å². The molecule has 1 amide bonds. The zero-order valence-corrected chi connectivity index (χ0v) is 13.8. The summed E-state index contributed by atoms with van der Waals surface area (Å²) in [5.74, 6) is 2.81. The largest absolute Gasteiger partial charge is 0.357 e. The minimum Gasteiger partial charge on any atom is -0.357 e. The molecule has 6 nitrogen and oxygen atoms in total. The summed E-state index contributed by atoms with van der Waals surface area (Å²) in [6.45, 7) is 1.63. The minimum atomic E-state index is 0.0895. The third-order valence-electron chi connectivity index (χ3n) is 4.02. The Labute approximate surface area is 143 Å². The summed E-state index contributed by atoms with van der Waals surface area (Å²) in [5.41, 5.74) is 3.23. The van der Waals surface area contributed by atoms with Crippen LogP contribution in [0.25, 0.3) is 11.0 Å². The second-order valence-corrected chi connectivity index (χ2v) is 6.80. The van der Waals surface area contributed by atoms with E-state index in [1.165, 1.54) is 6.33 Å². The lowest BCUT2D eigenvalue weighted by molar-refractivity contribution is 0.0772. The lowest BCUT2D eigenvalue weighted by Gasteiger charge is -2.26. The van der Waals surface area contributed by atoms with Crippen LogP contribution in [0.3, 0.4) is 0 Å². The molecule has 1 aliphatic heterocycles. The number of amides is 1. The Morgan fingerprint density at radius 3 is 2.96 bits per heavy atom. The summed E-state index contributed by atoms with van der Waals surface area (Å²) >= 11 is 1.89. The average molecular weight is 339 g/mol. The number of nitrogens with zero attached hydrogens (tertiary/aromatic N) is 3. The molecule has 2 N–H and O–H groups in total. The maximum absolute atomic E-state index is 12.6. The number of carbonyl (C=O) groups is 1. The van der Waals surface area contributed by atoms with Crippen molar-refractivity contribution in [3.8, 4) is 0 Å². The van der Waals surface area contributed by atoms with Gasteiger partial charge in [-0.25, -0.2) is 9.97 Å². The standard InChI is InChI=1S/C17H17N5OS/c23-17(22-6-8-24-9-7-22)12-2-1-3-13(10-12)21-16-15-14(4-5-18-15)19-11-20-16/h1-5,10-11,18H,6-9H2,(H,19,20,21). The van der Waals surface area contributed by atoms with Gasteiger partial charge < -0.3 is 15.2 Å². The first kappa shape index (κ1) is 15.0. The molecular weight excluding hydrogens is 322 g/mol. The van der Waals surface area contributed by atoms with E-state index in [9.17, 15) is 4.79 Å². The van der Waals surface area contributed by atoms with E-state index in [2.05, 4.69) is 20.3 Å². The summed E-state index contributed by atoms with van der Waals surface area (Å²) in [6.07, 6.45) is 3.36. The number of fused-ring (bicyclic) bond motifs is 1. The molecule has 0 radical (unpaired) electrons. The van der Waals surface area contributed by atoms with Crippen molar-refractivity contribution in [1.82, 2.24) is 19.9 Å². The van der Waals surface area contributed by atoms with Gasteiger partial charge in [0.2, 0.25) is 0 Å². The van der Waals surface area contributed by atoms with Gasteiger partial charge in [-0.3, -0.25) is 4.79 Å². The van der Waals surface area contributed by atoms with Gasteiger partial charge >= 0.3 is 0 Å². The van der Waals surface area contributed by atoms with Crippen molar-refractivity contribution in [2.24, 2.45) is 0 Å². The van der Waals surface area contributed by atoms with E-state index in [0.717, 1.165) is 41.3 Å². The molecule has 3 heterocycles. The number of aromatic nitrogens is 3. The highest BCUT2D eigenvalue weighted by atomic mass is 32.2. The van der Waals surface area contributed by atoms with Crippen LogP contribution in [0.5, 0.6) is 0 Å². The van der Waals surface area contributed by atoms with Crippen molar-refractivity contribution >= 4 is 40.2 Å². The Balaban J connectivity index is 1.58. The lowest BCUT2D eigenvalue weighted by atomic mass is 10.1. The predicted octanol–water partition coefficient (Wildman–Crippen LogP) is 2.89. The number of rotatable bonds is 3. The number of thioether (sulfide) groups is 1. The van der Waals surface area contributed by atoms with Crippen LogP contribution in [0.1, 0.15) is 10.4 Å². The number of benzene rings is 1. The highest BCUT2D eigenvalue weighted by Crippen LogP contribution is 2.23. The van der Waals surface area contributed by atoms with Crippen LogP contribution >= 0.6 is 11.8 Å². The van der Waals surface area contributed by atoms with Crippen LogP contribution in [0.4, 0.5) is 11.5 Å². The molecule has 1 aromatic carbocycles.